The molecule has 1 aromatic rings. The first-order valence-corrected chi connectivity index (χ1v) is 6.25. The lowest BCUT2D eigenvalue weighted by Gasteiger charge is -2.17. The molecule has 1 atom stereocenters. The molecule has 102 valence electrons. The molecule has 1 rings (SSSR count). The van der Waals surface area contributed by atoms with Crippen molar-refractivity contribution >= 4 is 11.7 Å². The third-order valence-corrected chi connectivity index (χ3v) is 2.49. The molecule has 0 fully saturated rings. The Morgan fingerprint density at radius 3 is 2.79 bits per heavy atom. The van der Waals surface area contributed by atoms with Crippen LogP contribution in [0.1, 0.15) is 32.3 Å². The van der Waals surface area contributed by atoms with Crippen molar-refractivity contribution < 1.29 is 14.3 Å². The van der Waals surface area contributed by atoms with Crippen LogP contribution in [0, 0.1) is 11.3 Å². The van der Waals surface area contributed by atoms with Crippen molar-refractivity contribution in [3.05, 3.63) is 23.8 Å². The van der Waals surface area contributed by atoms with Crippen LogP contribution in [0.4, 0.5) is 5.69 Å². The molecule has 1 unspecified atom stereocenters. The van der Waals surface area contributed by atoms with Gasteiger partial charge in [0.05, 0.1) is 12.2 Å². The van der Waals surface area contributed by atoms with E-state index in [0.29, 0.717) is 30.0 Å². The molecule has 5 heteroatoms. The Labute approximate surface area is 112 Å². The third-order valence-electron chi connectivity index (χ3n) is 2.49. The number of ether oxygens (including phenoxy) is 2. The van der Waals surface area contributed by atoms with E-state index in [1.165, 1.54) is 6.07 Å². The van der Waals surface area contributed by atoms with E-state index in [2.05, 4.69) is 0 Å². The number of carbonyl (C=O) groups excluding carboxylic acids is 1. The highest BCUT2D eigenvalue weighted by Crippen LogP contribution is 2.23. The zero-order chi connectivity index (χ0) is 14.3. The van der Waals surface area contributed by atoms with Gasteiger partial charge in [0.2, 0.25) is 0 Å². The van der Waals surface area contributed by atoms with E-state index in [-0.39, 0.29) is 0 Å². The third kappa shape index (κ3) is 4.18. The second-order valence-corrected chi connectivity index (χ2v) is 4.01. The van der Waals surface area contributed by atoms with Gasteiger partial charge < -0.3 is 15.2 Å². The standard InChI is InChI=1S/C14H18N2O3/c1-3-5-13(14(17)18-4-2)19-12-7-6-11(16)8-10(12)9-15/h6-8,13H,3-5,16H2,1-2H3. The maximum Gasteiger partial charge on any atom is 0.347 e. The lowest BCUT2D eigenvalue weighted by atomic mass is 10.1. The molecule has 0 aliphatic heterocycles. The number of nitrogens with two attached hydrogens (primary N) is 1. The Balaban J connectivity index is 2.90. The molecule has 2 N–H and O–H groups in total. The fourth-order valence-corrected chi connectivity index (χ4v) is 1.61. The summed E-state index contributed by atoms with van der Waals surface area (Å²) in [6.07, 6.45) is 0.620. The topological polar surface area (TPSA) is 85.3 Å². The van der Waals surface area contributed by atoms with Crippen molar-refractivity contribution in [3.8, 4) is 11.8 Å². The number of hydrogen-bond acceptors (Lipinski definition) is 5. The number of nitriles is 1. The maximum absolute atomic E-state index is 11.7. The first-order valence-electron chi connectivity index (χ1n) is 6.25. The van der Waals surface area contributed by atoms with E-state index in [4.69, 9.17) is 20.5 Å². The van der Waals surface area contributed by atoms with Crippen molar-refractivity contribution in [1.29, 1.82) is 5.26 Å². The zero-order valence-electron chi connectivity index (χ0n) is 11.2. The van der Waals surface area contributed by atoms with Gasteiger partial charge in [-0.1, -0.05) is 13.3 Å². The molecule has 0 heterocycles. The average molecular weight is 262 g/mol. The quantitative estimate of drug-likeness (QED) is 0.627. The zero-order valence-corrected chi connectivity index (χ0v) is 11.2. The summed E-state index contributed by atoms with van der Waals surface area (Å²) in [5.41, 5.74) is 6.39. The summed E-state index contributed by atoms with van der Waals surface area (Å²) in [6, 6.07) is 6.74. The summed E-state index contributed by atoms with van der Waals surface area (Å²) in [5, 5.41) is 9.03. The highest BCUT2D eigenvalue weighted by molar-refractivity contribution is 5.75. The summed E-state index contributed by atoms with van der Waals surface area (Å²) in [6.45, 7) is 3.99. The predicted octanol–water partition coefficient (Wildman–Crippen LogP) is 2.25. The number of benzene rings is 1. The number of rotatable bonds is 6. The van der Waals surface area contributed by atoms with Gasteiger partial charge in [-0.15, -0.1) is 0 Å². The van der Waals surface area contributed by atoms with Crippen molar-refractivity contribution in [2.24, 2.45) is 0 Å². The SMILES string of the molecule is CCCC(Oc1ccc(N)cc1C#N)C(=O)OCC. The van der Waals surface area contributed by atoms with Gasteiger partial charge in [-0.05, 0) is 31.5 Å². The Kier molecular flexibility index (Phi) is 5.68. The highest BCUT2D eigenvalue weighted by atomic mass is 16.6. The molecule has 1 aromatic carbocycles. The molecule has 0 saturated heterocycles. The summed E-state index contributed by atoms with van der Waals surface area (Å²) in [5.74, 6) is -0.0618. The van der Waals surface area contributed by atoms with Crippen molar-refractivity contribution in [2.75, 3.05) is 12.3 Å². The van der Waals surface area contributed by atoms with Gasteiger partial charge in [-0.2, -0.15) is 5.26 Å². The van der Waals surface area contributed by atoms with Gasteiger partial charge in [-0.3, -0.25) is 0 Å². The largest absolute Gasteiger partial charge is 0.477 e. The van der Waals surface area contributed by atoms with Crippen molar-refractivity contribution in [3.63, 3.8) is 0 Å². The number of carbonyl (C=O) groups is 1. The lowest BCUT2D eigenvalue weighted by Crippen LogP contribution is -2.29. The van der Waals surface area contributed by atoms with Gasteiger partial charge >= 0.3 is 5.97 Å². The van der Waals surface area contributed by atoms with Gasteiger partial charge in [0, 0.05) is 5.69 Å². The maximum atomic E-state index is 11.7. The van der Waals surface area contributed by atoms with E-state index in [0.717, 1.165) is 6.42 Å². The van der Waals surface area contributed by atoms with Crippen LogP contribution in [0.25, 0.3) is 0 Å². The van der Waals surface area contributed by atoms with E-state index in [1.807, 2.05) is 13.0 Å². The van der Waals surface area contributed by atoms with Crippen LogP contribution >= 0.6 is 0 Å². The monoisotopic (exact) mass is 262 g/mol. The highest BCUT2D eigenvalue weighted by Gasteiger charge is 2.22. The van der Waals surface area contributed by atoms with Crippen LogP contribution in [-0.2, 0) is 9.53 Å². The van der Waals surface area contributed by atoms with Crippen LogP contribution in [0.2, 0.25) is 0 Å². The van der Waals surface area contributed by atoms with E-state index in [1.54, 1.807) is 19.1 Å². The number of esters is 1. The first-order chi connectivity index (χ1) is 9.12. The molecule has 5 nitrogen and oxygen atoms in total. The van der Waals surface area contributed by atoms with Crippen LogP contribution in [0.5, 0.6) is 5.75 Å². The van der Waals surface area contributed by atoms with E-state index >= 15 is 0 Å². The smallest absolute Gasteiger partial charge is 0.347 e. The van der Waals surface area contributed by atoms with Crippen LogP contribution in [0.3, 0.4) is 0 Å². The number of nitrogen functional groups attached to an aromatic ring is 1. The molecule has 0 amide bonds. The number of anilines is 1. The van der Waals surface area contributed by atoms with Crippen LogP contribution < -0.4 is 10.5 Å². The molecule has 0 aromatic heterocycles. The number of hydrogen-bond donors (Lipinski definition) is 1. The second-order valence-electron chi connectivity index (χ2n) is 4.01. The predicted molar refractivity (Wildman–Crippen MR) is 71.5 cm³/mol. The Hall–Kier alpha value is -2.22. The summed E-state index contributed by atoms with van der Waals surface area (Å²) < 4.78 is 10.5. The molecule has 0 aliphatic carbocycles. The average Bonchev–Trinajstić information content (AvgIpc) is 2.40. The molecule has 0 radical (unpaired) electrons. The van der Waals surface area contributed by atoms with Gasteiger partial charge in [0.1, 0.15) is 11.8 Å². The second kappa shape index (κ2) is 7.27. The summed E-state index contributed by atoms with van der Waals surface area (Å²) in [7, 11) is 0. The molecule has 0 aliphatic rings. The minimum atomic E-state index is -0.694. The Morgan fingerprint density at radius 1 is 1.47 bits per heavy atom. The lowest BCUT2D eigenvalue weighted by molar-refractivity contribution is -0.151. The molecule has 0 saturated carbocycles. The molecule has 19 heavy (non-hydrogen) atoms. The number of nitrogens with zero attached hydrogens (tertiary/aromatic N) is 1. The summed E-state index contributed by atoms with van der Waals surface area (Å²) >= 11 is 0. The first kappa shape index (κ1) is 14.8. The Morgan fingerprint density at radius 2 is 2.21 bits per heavy atom. The molecular weight excluding hydrogens is 244 g/mol. The normalized spacial score (nSPS) is 11.4. The van der Waals surface area contributed by atoms with Gasteiger partial charge in [-0.25, -0.2) is 4.79 Å². The van der Waals surface area contributed by atoms with E-state index < -0.39 is 12.1 Å². The minimum Gasteiger partial charge on any atom is -0.477 e. The van der Waals surface area contributed by atoms with Crippen LogP contribution in [0.15, 0.2) is 18.2 Å². The summed E-state index contributed by atoms with van der Waals surface area (Å²) in [4.78, 5) is 11.7. The van der Waals surface area contributed by atoms with Crippen molar-refractivity contribution in [2.45, 2.75) is 32.8 Å². The molecule has 0 bridgehead atoms. The van der Waals surface area contributed by atoms with Crippen molar-refractivity contribution in [1.82, 2.24) is 0 Å². The van der Waals surface area contributed by atoms with E-state index in [9.17, 15) is 4.79 Å². The fraction of sp³-hybridized carbons (Fsp3) is 0.429. The molecular formula is C14H18N2O3. The molecule has 0 spiro atoms. The van der Waals surface area contributed by atoms with Gasteiger partial charge in [0.25, 0.3) is 0 Å². The Bertz CT molecular complexity index is 480. The van der Waals surface area contributed by atoms with Crippen LogP contribution in [-0.4, -0.2) is 18.7 Å². The van der Waals surface area contributed by atoms with Gasteiger partial charge in [0.15, 0.2) is 6.10 Å². The minimum absolute atomic E-state index is 0.301. The fourth-order valence-electron chi connectivity index (χ4n) is 1.61.